The van der Waals surface area contributed by atoms with Crippen LogP contribution < -0.4 is 5.32 Å². The van der Waals surface area contributed by atoms with Gasteiger partial charge in [0.05, 0.1) is 12.1 Å². The summed E-state index contributed by atoms with van der Waals surface area (Å²) in [5, 5.41) is 13.4. The SMILES string of the molecule is Cc1cc2c(c(C(O)c3ccccc3)c1)NC(=O)C2. The molecule has 0 fully saturated rings. The van der Waals surface area contributed by atoms with Gasteiger partial charge in [-0.2, -0.15) is 0 Å². The second-order valence-corrected chi connectivity index (χ2v) is 4.93. The number of rotatable bonds is 2. The zero-order valence-electron chi connectivity index (χ0n) is 10.7. The lowest BCUT2D eigenvalue weighted by Gasteiger charge is -2.16. The van der Waals surface area contributed by atoms with Crippen LogP contribution in [-0.4, -0.2) is 11.0 Å². The van der Waals surface area contributed by atoms with Crippen molar-refractivity contribution in [2.45, 2.75) is 19.4 Å². The molecule has 0 saturated carbocycles. The molecule has 19 heavy (non-hydrogen) atoms. The van der Waals surface area contributed by atoms with E-state index >= 15 is 0 Å². The highest BCUT2D eigenvalue weighted by atomic mass is 16.3. The third-order valence-electron chi connectivity index (χ3n) is 3.42. The summed E-state index contributed by atoms with van der Waals surface area (Å²) >= 11 is 0. The van der Waals surface area contributed by atoms with Crippen LogP contribution in [-0.2, 0) is 11.2 Å². The number of amides is 1. The molecule has 0 aliphatic carbocycles. The molecule has 3 nitrogen and oxygen atoms in total. The fourth-order valence-electron chi connectivity index (χ4n) is 2.57. The van der Waals surface area contributed by atoms with Gasteiger partial charge in [0.15, 0.2) is 0 Å². The van der Waals surface area contributed by atoms with Gasteiger partial charge < -0.3 is 10.4 Å². The average Bonchev–Trinajstić information content (AvgIpc) is 2.78. The maximum absolute atomic E-state index is 11.5. The maximum atomic E-state index is 11.5. The van der Waals surface area contributed by atoms with Crippen LogP contribution in [0.5, 0.6) is 0 Å². The average molecular weight is 253 g/mol. The molecule has 0 aromatic heterocycles. The van der Waals surface area contributed by atoms with Crippen molar-refractivity contribution >= 4 is 11.6 Å². The largest absolute Gasteiger partial charge is 0.384 e. The highest BCUT2D eigenvalue weighted by Gasteiger charge is 2.24. The van der Waals surface area contributed by atoms with Gasteiger partial charge in [0.25, 0.3) is 0 Å². The van der Waals surface area contributed by atoms with Crippen molar-refractivity contribution in [2.24, 2.45) is 0 Å². The molecule has 1 aliphatic rings. The Labute approximate surface area is 111 Å². The Kier molecular flexibility index (Phi) is 2.84. The second-order valence-electron chi connectivity index (χ2n) is 4.93. The van der Waals surface area contributed by atoms with Crippen LogP contribution in [0.4, 0.5) is 5.69 Å². The van der Waals surface area contributed by atoms with E-state index in [1.807, 2.05) is 49.4 Å². The highest BCUT2D eigenvalue weighted by molar-refractivity contribution is 6.00. The van der Waals surface area contributed by atoms with Gasteiger partial charge in [-0.1, -0.05) is 48.0 Å². The fourth-order valence-corrected chi connectivity index (χ4v) is 2.57. The van der Waals surface area contributed by atoms with Crippen LogP contribution in [0.2, 0.25) is 0 Å². The lowest BCUT2D eigenvalue weighted by molar-refractivity contribution is -0.115. The number of carbonyl (C=O) groups is 1. The summed E-state index contributed by atoms with van der Waals surface area (Å²) in [5.74, 6) is -0.0119. The van der Waals surface area contributed by atoms with Crippen LogP contribution in [0.15, 0.2) is 42.5 Å². The summed E-state index contributed by atoms with van der Waals surface area (Å²) in [7, 11) is 0. The van der Waals surface area contributed by atoms with E-state index in [9.17, 15) is 9.90 Å². The first-order valence-electron chi connectivity index (χ1n) is 6.31. The quantitative estimate of drug-likeness (QED) is 0.864. The molecule has 1 atom stereocenters. The van der Waals surface area contributed by atoms with E-state index in [0.717, 1.165) is 27.9 Å². The number of carbonyl (C=O) groups excluding carboxylic acids is 1. The monoisotopic (exact) mass is 253 g/mol. The number of aliphatic hydroxyl groups excluding tert-OH is 1. The van der Waals surface area contributed by atoms with E-state index in [4.69, 9.17) is 0 Å². The molecule has 2 aromatic carbocycles. The van der Waals surface area contributed by atoms with E-state index in [1.165, 1.54) is 0 Å². The fraction of sp³-hybridized carbons (Fsp3) is 0.188. The minimum atomic E-state index is -0.715. The van der Waals surface area contributed by atoms with Crippen LogP contribution >= 0.6 is 0 Å². The van der Waals surface area contributed by atoms with Crippen molar-refractivity contribution in [1.29, 1.82) is 0 Å². The number of fused-ring (bicyclic) bond motifs is 1. The van der Waals surface area contributed by atoms with E-state index in [-0.39, 0.29) is 5.91 Å². The number of hydrogen-bond acceptors (Lipinski definition) is 2. The molecule has 1 heterocycles. The van der Waals surface area contributed by atoms with Gasteiger partial charge in [0, 0.05) is 5.56 Å². The summed E-state index contributed by atoms with van der Waals surface area (Å²) < 4.78 is 0. The van der Waals surface area contributed by atoms with Crippen molar-refractivity contribution < 1.29 is 9.90 Å². The van der Waals surface area contributed by atoms with Crippen molar-refractivity contribution in [1.82, 2.24) is 0 Å². The first kappa shape index (κ1) is 11.9. The van der Waals surface area contributed by atoms with E-state index in [2.05, 4.69) is 5.32 Å². The number of aliphatic hydroxyl groups is 1. The van der Waals surface area contributed by atoms with E-state index < -0.39 is 6.10 Å². The standard InChI is InChI=1S/C16H15NO2/c1-10-7-12-9-14(18)17-15(12)13(8-10)16(19)11-5-3-2-4-6-11/h2-8,16,19H,9H2,1H3,(H,17,18). The number of anilines is 1. The third-order valence-corrected chi connectivity index (χ3v) is 3.42. The normalized spacial score (nSPS) is 14.9. The predicted octanol–water partition coefficient (Wildman–Crippen LogP) is 2.57. The molecule has 2 N–H and O–H groups in total. The number of aryl methyl sites for hydroxylation is 1. The number of hydrogen-bond donors (Lipinski definition) is 2. The predicted molar refractivity (Wildman–Crippen MR) is 74.0 cm³/mol. The summed E-state index contributed by atoms with van der Waals surface area (Å²) in [6, 6.07) is 13.4. The molecule has 0 radical (unpaired) electrons. The molecule has 0 bridgehead atoms. The van der Waals surface area contributed by atoms with Crippen LogP contribution in [0.1, 0.15) is 28.4 Å². The lowest BCUT2D eigenvalue weighted by Crippen LogP contribution is -2.07. The zero-order valence-corrected chi connectivity index (χ0v) is 10.7. The molecule has 1 amide bonds. The molecule has 96 valence electrons. The van der Waals surface area contributed by atoms with Gasteiger partial charge in [-0.05, 0) is 18.1 Å². The van der Waals surface area contributed by atoms with Crippen LogP contribution in [0.3, 0.4) is 0 Å². The van der Waals surface area contributed by atoms with E-state index in [0.29, 0.717) is 6.42 Å². The first-order valence-corrected chi connectivity index (χ1v) is 6.31. The third kappa shape index (κ3) is 2.13. The number of nitrogens with one attached hydrogen (secondary N) is 1. The smallest absolute Gasteiger partial charge is 0.228 e. The Morgan fingerprint density at radius 1 is 1.21 bits per heavy atom. The van der Waals surface area contributed by atoms with Crippen molar-refractivity contribution in [3.63, 3.8) is 0 Å². The second kappa shape index (κ2) is 4.52. The molecule has 0 saturated heterocycles. The minimum Gasteiger partial charge on any atom is -0.384 e. The molecule has 1 unspecified atom stereocenters. The molecular formula is C16H15NO2. The Morgan fingerprint density at radius 3 is 2.68 bits per heavy atom. The van der Waals surface area contributed by atoms with Gasteiger partial charge >= 0.3 is 0 Å². The highest BCUT2D eigenvalue weighted by Crippen LogP contribution is 2.35. The topological polar surface area (TPSA) is 49.3 Å². The lowest BCUT2D eigenvalue weighted by atomic mass is 9.95. The van der Waals surface area contributed by atoms with E-state index in [1.54, 1.807) is 0 Å². The summed E-state index contributed by atoms with van der Waals surface area (Å²) in [4.78, 5) is 11.5. The van der Waals surface area contributed by atoms with Crippen LogP contribution in [0, 0.1) is 6.92 Å². The number of benzene rings is 2. The molecular weight excluding hydrogens is 238 g/mol. The Balaban J connectivity index is 2.09. The summed E-state index contributed by atoms with van der Waals surface area (Å²) in [6.07, 6.45) is -0.320. The summed E-state index contributed by atoms with van der Waals surface area (Å²) in [6.45, 7) is 1.98. The van der Waals surface area contributed by atoms with Crippen molar-refractivity contribution in [2.75, 3.05) is 5.32 Å². The molecule has 3 heteroatoms. The van der Waals surface area contributed by atoms with Gasteiger partial charge in [0.1, 0.15) is 6.10 Å². The van der Waals surface area contributed by atoms with Gasteiger partial charge in [-0.3, -0.25) is 4.79 Å². The molecule has 3 rings (SSSR count). The first-order chi connectivity index (χ1) is 9.15. The Morgan fingerprint density at radius 2 is 1.95 bits per heavy atom. The molecule has 0 spiro atoms. The van der Waals surface area contributed by atoms with Crippen LogP contribution in [0.25, 0.3) is 0 Å². The zero-order chi connectivity index (χ0) is 13.4. The molecule has 2 aromatic rings. The Bertz CT molecular complexity index is 635. The van der Waals surface area contributed by atoms with Crippen molar-refractivity contribution in [3.8, 4) is 0 Å². The Hall–Kier alpha value is -2.13. The van der Waals surface area contributed by atoms with Gasteiger partial charge in [-0.15, -0.1) is 0 Å². The maximum Gasteiger partial charge on any atom is 0.228 e. The summed E-state index contributed by atoms with van der Waals surface area (Å²) in [5.41, 5.74) is 4.39. The van der Waals surface area contributed by atoms with Gasteiger partial charge in [0.2, 0.25) is 5.91 Å². The molecule has 1 aliphatic heterocycles. The minimum absolute atomic E-state index is 0.0119. The van der Waals surface area contributed by atoms with Gasteiger partial charge in [-0.25, -0.2) is 0 Å². The van der Waals surface area contributed by atoms with Crippen molar-refractivity contribution in [3.05, 3.63) is 64.7 Å².